The molecule has 1 aromatic heterocycles. The molecule has 2 aliphatic rings. The van der Waals surface area contributed by atoms with Gasteiger partial charge >= 0.3 is 0 Å². The summed E-state index contributed by atoms with van der Waals surface area (Å²) in [4.78, 5) is 2.27. The highest BCUT2D eigenvalue weighted by Crippen LogP contribution is 2.38. The van der Waals surface area contributed by atoms with Crippen molar-refractivity contribution < 1.29 is 0 Å². The van der Waals surface area contributed by atoms with E-state index < -0.39 is 0 Å². The number of nitrogens with one attached hydrogen (secondary N) is 1. The molecular formula is C16H23N5. The molecule has 112 valence electrons. The standard InChI is InChI=1S/C16H23N5/c1-3-12-13(9-17)15(20-19-14(12)4-2)21-8-6-16(11-21)5-7-18-10-16/h18H,3-8,10-11H2,1-2H3. The lowest BCUT2D eigenvalue weighted by Crippen LogP contribution is -2.30. The average molecular weight is 285 g/mol. The number of anilines is 1. The van der Waals surface area contributed by atoms with Gasteiger partial charge in [-0.25, -0.2) is 0 Å². The van der Waals surface area contributed by atoms with Crippen molar-refractivity contribution in [1.82, 2.24) is 15.5 Å². The number of hydrogen-bond acceptors (Lipinski definition) is 5. The monoisotopic (exact) mass is 285 g/mol. The summed E-state index contributed by atoms with van der Waals surface area (Å²) in [5.41, 5.74) is 3.17. The Morgan fingerprint density at radius 2 is 2.14 bits per heavy atom. The van der Waals surface area contributed by atoms with Gasteiger partial charge in [0, 0.05) is 25.0 Å². The van der Waals surface area contributed by atoms with Gasteiger partial charge in [-0.05, 0) is 37.8 Å². The van der Waals surface area contributed by atoms with E-state index in [-0.39, 0.29) is 0 Å². The van der Waals surface area contributed by atoms with Crippen LogP contribution in [0.5, 0.6) is 0 Å². The molecule has 0 radical (unpaired) electrons. The summed E-state index contributed by atoms with van der Waals surface area (Å²) in [6, 6.07) is 2.39. The quantitative estimate of drug-likeness (QED) is 0.915. The van der Waals surface area contributed by atoms with Gasteiger partial charge < -0.3 is 10.2 Å². The van der Waals surface area contributed by atoms with E-state index in [2.05, 4.69) is 40.3 Å². The van der Waals surface area contributed by atoms with Gasteiger partial charge in [-0.3, -0.25) is 0 Å². The van der Waals surface area contributed by atoms with E-state index in [1.54, 1.807) is 0 Å². The third-order valence-corrected chi connectivity index (χ3v) is 5.01. The number of aromatic nitrogens is 2. The minimum absolute atomic E-state index is 0.379. The molecule has 1 spiro atoms. The third kappa shape index (κ3) is 2.38. The fourth-order valence-corrected chi connectivity index (χ4v) is 3.76. The molecule has 5 nitrogen and oxygen atoms in total. The summed E-state index contributed by atoms with van der Waals surface area (Å²) in [5.74, 6) is 0.801. The van der Waals surface area contributed by atoms with Crippen LogP contribution in [0, 0.1) is 16.7 Å². The van der Waals surface area contributed by atoms with Crippen LogP contribution >= 0.6 is 0 Å². The van der Waals surface area contributed by atoms with Gasteiger partial charge in [0.1, 0.15) is 11.6 Å². The van der Waals surface area contributed by atoms with Crippen LogP contribution in [0.3, 0.4) is 0 Å². The minimum Gasteiger partial charge on any atom is -0.353 e. The van der Waals surface area contributed by atoms with Gasteiger partial charge in [0.25, 0.3) is 0 Å². The highest BCUT2D eigenvalue weighted by Gasteiger charge is 2.41. The fraction of sp³-hybridized carbons (Fsp3) is 0.688. The molecular weight excluding hydrogens is 262 g/mol. The molecule has 2 fully saturated rings. The molecule has 0 aromatic carbocycles. The van der Waals surface area contributed by atoms with Gasteiger partial charge in [-0.2, -0.15) is 10.4 Å². The van der Waals surface area contributed by atoms with E-state index in [1.165, 1.54) is 12.8 Å². The number of hydrogen-bond donors (Lipinski definition) is 1. The fourth-order valence-electron chi connectivity index (χ4n) is 3.76. The molecule has 2 saturated heterocycles. The summed E-state index contributed by atoms with van der Waals surface area (Å²) >= 11 is 0. The van der Waals surface area contributed by atoms with Crippen LogP contribution in [0.2, 0.25) is 0 Å². The van der Waals surface area contributed by atoms with E-state index >= 15 is 0 Å². The zero-order valence-corrected chi connectivity index (χ0v) is 12.9. The Balaban J connectivity index is 1.94. The third-order valence-electron chi connectivity index (χ3n) is 5.01. The Hall–Kier alpha value is -1.67. The lowest BCUT2D eigenvalue weighted by atomic mass is 9.86. The van der Waals surface area contributed by atoms with Crippen molar-refractivity contribution in [2.45, 2.75) is 39.5 Å². The Labute approximate surface area is 126 Å². The Morgan fingerprint density at radius 3 is 2.76 bits per heavy atom. The van der Waals surface area contributed by atoms with Crippen LogP contribution in [0.4, 0.5) is 5.82 Å². The number of nitriles is 1. The molecule has 3 heterocycles. The summed E-state index contributed by atoms with van der Waals surface area (Å²) in [6.07, 6.45) is 4.09. The Bertz CT molecular complexity index is 569. The first-order chi connectivity index (χ1) is 10.2. The molecule has 0 amide bonds. The molecule has 0 bridgehead atoms. The maximum absolute atomic E-state index is 9.61. The van der Waals surface area contributed by atoms with Crippen molar-refractivity contribution in [1.29, 1.82) is 5.26 Å². The predicted octanol–water partition coefficient (Wildman–Crippen LogP) is 1.66. The largest absolute Gasteiger partial charge is 0.353 e. The number of rotatable bonds is 3. The van der Waals surface area contributed by atoms with Crippen molar-refractivity contribution in [2.24, 2.45) is 5.41 Å². The molecule has 0 saturated carbocycles. The Morgan fingerprint density at radius 1 is 1.29 bits per heavy atom. The molecule has 1 atom stereocenters. The van der Waals surface area contributed by atoms with Crippen LogP contribution in [0.15, 0.2) is 0 Å². The van der Waals surface area contributed by atoms with Crippen LogP contribution < -0.4 is 10.2 Å². The summed E-state index contributed by atoms with van der Waals surface area (Å²) in [7, 11) is 0. The molecule has 21 heavy (non-hydrogen) atoms. The predicted molar refractivity (Wildman–Crippen MR) is 82.3 cm³/mol. The topological polar surface area (TPSA) is 64.8 Å². The molecule has 1 aromatic rings. The van der Waals surface area contributed by atoms with E-state index in [9.17, 15) is 5.26 Å². The molecule has 1 unspecified atom stereocenters. The minimum atomic E-state index is 0.379. The summed E-state index contributed by atoms with van der Waals surface area (Å²) in [6.45, 7) is 8.34. The van der Waals surface area contributed by atoms with Crippen molar-refractivity contribution in [2.75, 3.05) is 31.1 Å². The van der Waals surface area contributed by atoms with Crippen LogP contribution in [-0.2, 0) is 12.8 Å². The summed E-state index contributed by atoms with van der Waals surface area (Å²) in [5, 5.41) is 21.9. The maximum atomic E-state index is 9.61. The molecule has 5 heteroatoms. The second-order valence-corrected chi connectivity index (χ2v) is 6.24. The normalized spacial score (nSPS) is 24.7. The van der Waals surface area contributed by atoms with Crippen molar-refractivity contribution in [3.8, 4) is 6.07 Å². The SMILES string of the molecule is CCc1nnc(N2CCC3(CCNC3)C2)c(C#N)c1CC. The first-order valence-corrected chi connectivity index (χ1v) is 7.97. The number of nitrogens with zero attached hydrogens (tertiary/aromatic N) is 4. The highest BCUT2D eigenvalue weighted by molar-refractivity contribution is 5.58. The van der Waals surface area contributed by atoms with Gasteiger partial charge in [0.2, 0.25) is 0 Å². The smallest absolute Gasteiger partial charge is 0.169 e. The second kappa shape index (κ2) is 5.61. The van der Waals surface area contributed by atoms with Gasteiger partial charge in [0.05, 0.1) is 5.69 Å². The van der Waals surface area contributed by atoms with Crippen LogP contribution in [0.1, 0.15) is 43.5 Å². The van der Waals surface area contributed by atoms with E-state index in [0.29, 0.717) is 5.41 Å². The van der Waals surface area contributed by atoms with E-state index in [0.717, 1.165) is 61.7 Å². The van der Waals surface area contributed by atoms with Crippen molar-refractivity contribution in [3.63, 3.8) is 0 Å². The zero-order valence-electron chi connectivity index (χ0n) is 12.9. The van der Waals surface area contributed by atoms with Crippen LogP contribution in [0.25, 0.3) is 0 Å². The van der Waals surface area contributed by atoms with E-state index in [4.69, 9.17) is 0 Å². The van der Waals surface area contributed by atoms with Crippen molar-refractivity contribution >= 4 is 5.82 Å². The van der Waals surface area contributed by atoms with Crippen molar-refractivity contribution in [3.05, 3.63) is 16.8 Å². The lowest BCUT2D eigenvalue weighted by Gasteiger charge is -2.24. The van der Waals surface area contributed by atoms with E-state index in [1.807, 2.05) is 0 Å². The lowest BCUT2D eigenvalue weighted by molar-refractivity contribution is 0.369. The summed E-state index contributed by atoms with van der Waals surface area (Å²) < 4.78 is 0. The van der Waals surface area contributed by atoms with Gasteiger partial charge in [-0.15, -0.1) is 5.10 Å². The molecule has 1 N–H and O–H groups in total. The first kappa shape index (κ1) is 14.3. The van der Waals surface area contributed by atoms with Gasteiger partial charge in [0.15, 0.2) is 5.82 Å². The maximum Gasteiger partial charge on any atom is 0.169 e. The average Bonchev–Trinajstić information content (AvgIpc) is 3.16. The first-order valence-electron chi connectivity index (χ1n) is 7.97. The highest BCUT2D eigenvalue weighted by atomic mass is 15.3. The molecule has 3 rings (SSSR count). The zero-order chi connectivity index (χ0) is 14.9. The number of aryl methyl sites for hydroxylation is 1. The molecule has 2 aliphatic heterocycles. The second-order valence-electron chi connectivity index (χ2n) is 6.24. The van der Waals surface area contributed by atoms with Crippen LogP contribution in [-0.4, -0.2) is 36.4 Å². The Kier molecular flexibility index (Phi) is 3.81. The van der Waals surface area contributed by atoms with Gasteiger partial charge in [-0.1, -0.05) is 13.8 Å². The molecule has 0 aliphatic carbocycles.